The second kappa shape index (κ2) is 10.1. The van der Waals surface area contributed by atoms with Crippen LogP contribution in [0.3, 0.4) is 0 Å². The molecule has 1 aromatic carbocycles. The summed E-state index contributed by atoms with van der Waals surface area (Å²) >= 11 is 0. The van der Waals surface area contributed by atoms with Gasteiger partial charge in [-0.15, -0.1) is 0 Å². The number of rotatable bonds is 8. The number of hydrogen-bond donors (Lipinski definition) is 3. The fourth-order valence-electron chi connectivity index (χ4n) is 2.77. The average molecular weight is 420 g/mol. The minimum atomic E-state index is -0.597. The van der Waals surface area contributed by atoms with Crippen molar-refractivity contribution in [2.24, 2.45) is 0 Å². The number of carbonyl (C=O) groups excluding carboxylic acids is 4. The number of nitrogens with one attached hydrogen (secondary N) is 3. The molecule has 30 heavy (non-hydrogen) atoms. The molecule has 2 rings (SSSR count). The molecule has 3 N–H and O–H groups in total. The maximum atomic E-state index is 12.5. The maximum absolute atomic E-state index is 12.5. The summed E-state index contributed by atoms with van der Waals surface area (Å²) in [5.41, 5.74) is 0.346. The van der Waals surface area contributed by atoms with Crippen molar-refractivity contribution in [3.63, 3.8) is 0 Å². The predicted octanol–water partition coefficient (Wildman–Crippen LogP) is 1.97. The molecule has 1 aliphatic rings. The van der Waals surface area contributed by atoms with Gasteiger partial charge in [-0.05, 0) is 45.4 Å². The molecule has 0 fully saturated rings. The number of fused-ring (bicyclic) bond motifs is 1. The van der Waals surface area contributed by atoms with E-state index in [-0.39, 0.29) is 31.1 Å². The summed E-state index contributed by atoms with van der Waals surface area (Å²) in [5.74, 6) is -0.743. The van der Waals surface area contributed by atoms with E-state index < -0.39 is 23.6 Å². The summed E-state index contributed by atoms with van der Waals surface area (Å²) in [4.78, 5) is 49.6. The SMILES string of the molecule is COCCCN1C(=O)c2ccc(NC(=O)NCCNC(=O)OC(C)(C)C)cc2C1=O. The third kappa shape index (κ3) is 6.45. The van der Waals surface area contributed by atoms with Crippen LogP contribution in [-0.2, 0) is 9.47 Å². The van der Waals surface area contributed by atoms with Crippen LogP contribution in [0.5, 0.6) is 0 Å². The van der Waals surface area contributed by atoms with E-state index in [1.807, 2.05) is 0 Å². The number of imide groups is 1. The third-order valence-electron chi connectivity index (χ3n) is 4.04. The number of anilines is 1. The molecule has 0 bridgehead atoms. The Morgan fingerprint density at radius 2 is 1.70 bits per heavy atom. The highest BCUT2D eigenvalue weighted by Gasteiger charge is 2.35. The van der Waals surface area contributed by atoms with Gasteiger partial charge in [0.25, 0.3) is 11.8 Å². The molecule has 10 nitrogen and oxygen atoms in total. The van der Waals surface area contributed by atoms with Crippen LogP contribution in [0, 0.1) is 0 Å². The van der Waals surface area contributed by atoms with Crippen LogP contribution in [-0.4, -0.2) is 67.8 Å². The van der Waals surface area contributed by atoms with E-state index in [0.29, 0.717) is 24.3 Å². The Labute approximate surface area is 175 Å². The summed E-state index contributed by atoms with van der Waals surface area (Å²) in [6, 6.07) is 4.05. The van der Waals surface area contributed by atoms with E-state index in [1.165, 1.54) is 17.0 Å². The van der Waals surface area contributed by atoms with Gasteiger partial charge in [-0.25, -0.2) is 9.59 Å². The molecular formula is C20H28N4O6. The quantitative estimate of drug-likeness (QED) is 0.436. The zero-order valence-corrected chi connectivity index (χ0v) is 17.7. The lowest BCUT2D eigenvalue weighted by Crippen LogP contribution is -2.39. The topological polar surface area (TPSA) is 126 Å². The number of nitrogens with zero attached hydrogens (tertiary/aromatic N) is 1. The van der Waals surface area contributed by atoms with Gasteiger partial charge in [-0.1, -0.05) is 0 Å². The van der Waals surface area contributed by atoms with Crippen molar-refractivity contribution in [1.82, 2.24) is 15.5 Å². The van der Waals surface area contributed by atoms with Gasteiger partial charge in [-0.3, -0.25) is 14.5 Å². The first-order chi connectivity index (χ1) is 14.1. The summed E-state index contributed by atoms with van der Waals surface area (Å²) < 4.78 is 10.0. The first kappa shape index (κ1) is 23.1. The first-order valence-electron chi connectivity index (χ1n) is 9.63. The van der Waals surface area contributed by atoms with Crippen LogP contribution >= 0.6 is 0 Å². The standard InChI is InChI=1S/C20H28N4O6/c1-20(2,3)30-19(28)22-9-8-21-18(27)23-13-6-7-14-15(12-13)17(26)24(16(14)25)10-5-11-29-4/h6-7,12H,5,8-11H2,1-4H3,(H,22,28)(H2,21,23,27). The van der Waals surface area contributed by atoms with Crippen molar-refractivity contribution >= 4 is 29.6 Å². The van der Waals surface area contributed by atoms with Crippen LogP contribution in [0.4, 0.5) is 15.3 Å². The van der Waals surface area contributed by atoms with E-state index in [9.17, 15) is 19.2 Å². The van der Waals surface area contributed by atoms with E-state index in [4.69, 9.17) is 9.47 Å². The lowest BCUT2D eigenvalue weighted by Gasteiger charge is -2.19. The van der Waals surface area contributed by atoms with Crippen LogP contribution in [0.15, 0.2) is 18.2 Å². The predicted molar refractivity (Wildman–Crippen MR) is 110 cm³/mol. The minimum absolute atomic E-state index is 0.181. The van der Waals surface area contributed by atoms with Gasteiger partial charge in [0.1, 0.15) is 5.60 Å². The number of carbonyl (C=O) groups is 4. The normalized spacial score (nSPS) is 13.1. The highest BCUT2D eigenvalue weighted by atomic mass is 16.6. The lowest BCUT2D eigenvalue weighted by molar-refractivity contribution is 0.0527. The van der Waals surface area contributed by atoms with Gasteiger partial charge >= 0.3 is 12.1 Å². The molecule has 0 spiro atoms. The van der Waals surface area contributed by atoms with Gasteiger partial charge in [0.15, 0.2) is 0 Å². The maximum Gasteiger partial charge on any atom is 0.407 e. The van der Waals surface area contributed by atoms with E-state index >= 15 is 0 Å². The Morgan fingerprint density at radius 3 is 2.37 bits per heavy atom. The van der Waals surface area contributed by atoms with Gasteiger partial charge in [-0.2, -0.15) is 0 Å². The largest absolute Gasteiger partial charge is 0.444 e. The summed E-state index contributed by atoms with van der Waals surface area (Å²) in [6.07, 6.45) is -0.0196. The molecule has 5 amide bonds. The molecule has 0 saturated heterocycles. The fourth-order valence-corrected chi connectivity index (χ4v) is 2.77. The molecule has 0 saturated carbocycles. The fraction of sp³-hybridized carbons (Fsp3) is 0.500. The van der Waals surface area contributed by atoms with E-state index in [2.05, 4.69) is 16.0 Å². The van der Waals surface area contributed by atoms with Crippen molar-refractivity contribution < 1.29 is 28.7 Å². The smallest absolute Gasteiger partial charge is 0.407 e. The second-order valence-electron chi connectivity index (χ2n) is 7.68. The minimum Gasteiger partial charge on any atom is -0.444 e. The summed E-state index contributed by atoms with van der Waals surface area (Å²) in [6.45, 7) is 6.36. The molecule has 1 heterocycles. The number of ether oxygens (including phenoxy) is 2. The molecule has 0 unspecified atom stereocenters. The van der Waals surface area contributed by atoms with Crippen LogP contribution in [0.1, 0.15) is 47.9 Å². The molecule has 10 heteroatoms. The Kier molecular flexibility index (Phi) is 7.76. The Hall–Kier alpha value is -3.14. The van der Waals surface area contributed by atoms with Gasteiger partial charge < -0.3 is 25.4 Å². The van der Waals surface area contributed by atoms with Crippen LogP contribution in [0.25, 0.3) is 0 Å². The van der Waals surface area contributed by atoms with Crippen molar-refractivity contribution in [2.45, 2.75) is 32.8 Å². The van der Waals surface area contributed by atoms with E-state index in [0.717, 1.165) is 0 Å². The van der Waals surface area contributed by atoms with Crippen molar-refractivity contribution in [1.29, 1.82) is 0 Å². The molecule has 0 aliphatic carbocycles. The van der Waals surface area contributed by atoms with Crippen LogP contribution in [0.2, 0.25) is 0 Å². The average Bonchev–Trinajstić information content (AvgIpc) is 2.88. The number of amides is 5. The Balaban J connectivity index is 1.83. The molecule has 1 aromatic rings. The molecular weight excluding hydrogens is 392 g/mol. The Bertz CT molecular complexity index is 818. The van der Waals surface area contributed by atoms with Gasteiger partial charge in [0, 0.05) is 39.0 Å². The molecule has 1 aliphatic heterocycles. The molecule has 0 aromatic heterocycles. The van der Waals surface area contributed by atoms with Crippen LogP contribution < -0.4 is 16.0 Å². The number of benzene rings is 1. The highest BCUT2D eigenvalue weighted by Crippen LogP contribution is 2.26. The number of hydrogen-bond acceptors (Lipinski definition) is 6. The van der Waals surface area contributed by atoms with Crippen molar-refractivity contribution in [2.75, 3.05) is 38.7 Å². The first-order valence-corrected chi connectivity index (χ1v) is 9.63. The zero-order valence-electron chi connectivity index (χ0n) is 17.7. The molecule has 164 valence electrons. The number of alkyl carbamates (subject to hydrolysis) is 1. The number of methoxy groups -OCH3 is 1. The lowest BCUT2D eigenvalue weighted by atomic mass is 10.1. The third-order valence-corrected chi connectivity index (χ3v) is 4.04. The molecule has 0 radical (unpaired) electrons. The van der Waals surface area contributed by atoms with E-state index in [1.54, 1.807) is 33.9 Å². The number of urea groups is 1. The van der Waals surface area contributed by atoms with Gasteiger partial charge in [0.05, 0.1) is 11.1 Å². The molecule has 0 atom stereocenters. The van der Waals surface area contributed by atoms with Crippen molar-refractivity contribution in [3.8, 4) is 0 Å². The zero-order chi connectivity index (χ0) is 22.3. The van der Waals surface area contributed by atoms with Gasteiger partial charge in [0.2, 0.25) is 0 Å². The summed E-state index contributed by atoms with van der Waals surface area (Å²) in [5, 5.41) is 7.72. The Morgan fingerprint density at radius 1 is 1.03 bits per heavy atom. The van der Waals surface area contributed by atoms with Crippen molar-refractivity contribution in [3.05, 3.63) is 29.3 Å². The highest BCUT2D eigenvalue weighted by molar-refractivity contribution is 6.21. The summed E-state index contributed by atoms with van der Waals surface area (Å²) in [7, 11) is 1.55. The monoisotopic (exact) mass is 420 g/mol. The second-order valence-corrected chi connectivity index (χ2v) is 7.68.